The number of hydrogen-bond donors (Lipinski definition) is 2. The molecule has 0 aliphatic rings. The molecular weight excluding hydrogens is 392 g/mol. The van der Waals surface area contributed by atoms with Crippen LogP contribution in [0.15, 0.2) is 46.9 Å². The number of methoxy groups -OCH3 is 1. The highest BCUT2D eigenvalue weighted by molar-refractivity contribution is 7.92. The number of furan rings is 1. The standard InChI is InChI=1S/C21H24N2O5S/c1-4-5-12-22-21-19(20(24)14-6-9-16(27-2)10-7-14)17-13-15(23-29(3,25)26)8-11-18(17)28-21/h6-11,13,22-23H,4-5,12H2,1-3H3. The van der Waals surface area contributed by atoms with Gasteiger partial charge in [0.1, 0.15) is 11.3 Å². The Balaban J connectivity index is 2.09. The van der Waals surface area contributed by atoms with E-state index < -0.39 is 10.0 Å². The number of carbonyl (C=O) groups excluding carboxylic acids is 1. The second-order valence-corrected chi connectivity index (χ2v) is 8.48. The van der Waals surface area contributed by atoms with Gasteiger partial charge in [-0.25, -0.2) is 8.42 Å². The molecule has 0 saturated carbocycles. The monoisotopic (exact) mass is 416 g/mol. The lowest BCUT2D eigenvalue weighted by molar-refractivity contribution is 0.104. The average Bonchev–Trinajstić information content (AvgIpc) is 3.04. The molecule has 3 rings (SSSR count). The summed E-state index contributed by atoms with van der Waals surface area (Å²) in [6, 6.07) is 11.7. The lowest BCUT2D eigenvalue weighted by Gasteiger charge is -2.07. The molecule has 2 N–H and O–H groups in total. The molecule has 0 spiro atoms. The topological polar surface area (TPSA) is 97.6 Å². The average molecular weight is 416 g/mol. The van der Waals surface area contributed by atoms with Crippen LogP contribution < -0.4 is 14.8 Å². The van der Waals surface area contributed by atoms with Gasteiger partial charge in [0.25, 0.3) is 0 Å². The minimum absolute atomic E-state index is 0.220. The predicted octanol–water partition coefficient (Wildman–Crippen LogP) is 4.26. The molecule has 0 fully saturated rings. The van der Waals surface area contributed by atoms with E-state index in [-0.39, 0.29) is 5.78 Å². The summed E-state index contributed by atoms with van der Waals surface area (Å²) in [5.41, 5.74) is 1.72. The summed E-state index contributed by atoms with van der Waals surface area (Å²) in [6.07, 6.45) is 3.00. The fourth-order valence-electron chi connectivity index (χ4n) is 2.99. The Labute approximate surface area is 170 Å². The molecule has 0 bridgehead atoms. The highest BCUT2D eigenvalue weighted by Crippen LogP contribution is 2.34. The zero-order chi connectivity index (χ0) is 21.0. The van der Waals surface area contributed by atoms with Gasteiger partial charge in [-0.2, -0.15) is 0 Å². The molecule has 154 valence electrons. The molecule has 0 radical (unpaired) electrons. The van der Waals surface area contributed by atoms with Crippen LogP contribution in [0.3, 0.4) is 0 Å². The third kappa shape index (κ3) is 4.89. The van der Waals surface area contributed by atoms with Gasteiger partial charge in [-0.1, -0.05) is 13.3 Å². The summed E-state index contributed by atoms with van der Waals surface area (Å²) >= 11 is 0. The lowest BCUT2D eigenvalue weighted by Crippen LogP contribution is -2.09. The molecule has 0 aliphatic carbocycles. The Morgan fingerprint density at radius 3 is 2.48 bits per heavy atom. The van der Waals surface area contributed by atoms with Crippen molar-refractivity contribution in [3.8, 4) is 5.75 Å². The number of sulfonamides is 1. The van der Waals surface area contributed by atoms with Crippen LogP contribution in [0.4, 0.5) is 11.6 Å². The van der Waals surface area contributed by atoms with Crippen molar-refractivity contribution in [2.75, 3.05) is 29.9 Å². The van der Waals surface area contributed by atoms with Crippen molar-refractivity contribution < 1.29 is 22.4 Å². The number of benzene rings is 2. The van der Waals surface area contributed by atoms with Crippen LogP contribution in [-0.4, -0.2) is 34.1 Å². The maximum absolute atomic E-state index is 13.3. The number of carbonyl (C=O) groups is 1. The van der Waals surface area contributed by atoms with Crippen LogP contribution in [0.25, 0.3) is 11.0 Å². The third-order valence-electron chi connectivity index (χ3n) is 4.39. The van der Waals surface area contributed by atoms with E-state index in [2.05, 4.69) is 17.0 Å². The summed E-state index contributed by atoms with van der Waals surface area (Å²) < 4.78 is 36.7. The highest BCUT2D eigenvalue weighted by atomic mass is 32.2. The summed E-state index contributed by atoms with van der Waals surface area (Å²) in [6.45, 7) is 2.74. The Morgan fingerprint density at radius 1 is 1.14 bits per heavy atom. The maximum atomic E-state index is 13.3. The van der Waals surface area contributed by atoms with E-state index in [1.807, 2.05) is 0 Å². The SMILES string of the molecule is CCCCNc1oc2ccc(NS(C)(=O)=O)cc2c1C(=O)c1ccc(OC)cc1. The van der Waals surface area contributed by atoms with Crippen LogP contribution in [0, 0.1) is 0 Å². The van der Waals surface area contributed by atoms with Crippen molar-refractivity contribution in [3.63, 3.8) is 0 Å². The van der Waals surface area contributed by atoms with Gasteiger partial charge < -0.3 is 14.5 Å². The molecule has 0 atom stereocenters. The van der Waals surface area contributed by atoms with E-state index in [9.17, 15) is 13.2 Å². The van der Waals surface area contributed by atoms with Crippen molar-refractivity contribution in [2.45, 2.75) is 19.8 Å². The normalized spacial score (nSPS) is 11.4. The first-order chi connectivity index (χ1) is 13.8. The Hall–Kier alpha value is -3.00. The number of unbranched alkanes of at least 4 members (excludes halogenated alkanes) is 1. The first-order valence-corrected chi connectivity index (χ1v) is 11.2. The van der Waals surface area contributed by atoms with Crippen LogP contribution in [0.5, 0.6) is 5.75 Å². The molecule has 1 heterocycles. The van der Waals surface area contributed by atoms with Crippen molar-refractivity contribution in [2.24, 2.45) is 0 Å². The molecular formula is C21H24N2O5S. The second kappa shape index (κ2) is 8.57. The third-order valence-corrected chi connectivity index (χ3v) is 4.99. The number of nitrogens with one attached hydrogen (secondary N) is 2. The number of ketones is 1. The van der Waals surface area contributed by atoms with Crippen molar-refractivity contribution in [3.05, 3.63) is 53.6 Å². The highest BCUT2D eigenvalue weighted by Gasteiger charge is 2.23. The number of ether oxygens (including phenoxy) is 1. The van der Waals surface area contributed by atoms with E-state index in [1.165, 1.54) is 0 Å². The zero-order valence-corrected chi connectivity index (χ0v) is 17.4. The van der Waals surface area contributed by atoms with Gasteiger partial charge in [0.15, 0.2) is 5.78 Å². The number of hydrogen-bond acceptors (Lipinski definition) is 6. The molecule has 8 heteroatoms. The predicted molar refractivity (Wildman–Crippen MR) is 115 cm³/mol. The van der Waals surface area contributed by atoms with Crippen molar-refractivity contribution in [1.82, 2.24) is 0 Å². The fraction of sp³-hybridized carbons (Fsp3) is 0.286. The molecule has 7 nitrogen and oxygen atoms in total. The Bertz CT molecular complexity index is 1120. The van der Waals surface area contributed by atoms with Gasteiger partial charge in [0.05, 0.1) is 18.9 Å². The Morgan fingerprint density at radius 2 is 1.86 bits per heavy atom. The van der Waals surface area contributed by atoms with E-state index in [4.69, 9.17) is 9.15 Å². The van der Waals surface area contributed by atoms with Crippen LogP contribution in [0.2, 0.25) is 0 Å². The van der Waals surface area contributed by atoms with Gasteiger partial charge >= 0.3 is 0 Å². The first-order valence-electron chi connectivity index (χ1n) is 9.29. The van der Waals surface area contributed by atoms with Crippen LogP contribution in [-0.2, 0) is 10.0 Å². The van der Waals surface area contributed by atoms with Crippen LogP contribution in [0.1, 0.15) is 35.7 Å². The van der Waals surface area contributed by atoms with E-state index in [0.717, 1.165) is 19.1 Å². The lowest BCUT2D eigenvalue weighted by atomic mass is 10.0. The van der Waals surface area contributed by atoms with Crippen molar-refractivity contribution >= 4 is 38.3 Å². The Kier molecular flexibility index (Phi) is 6.12. The van der Waals surface area contributed by atoms with Gasteiger partial charge in [-0.05, 0) is 48.9 Å². The quantitative estimate of drug-likeness (QED) is 0.400. The van der Waals surface area contributed by atoms with Crippen LogP contribution >= 0.6 is 0 Å². The molecule has 0 saturated heterocycles. The molecule has 0 aliphatic heterocycles. The van der Waals surface area contributed by atoms with E-state index in [1.54, 1.807) is 49.6 Å². The molecule has 29 heavy (non-hydrogen) atoms. The second-order valence-electron chi connectivity index (χ2n) is 6.73. The van der Waals surface area contributed by atoms with E-state index >= 15 is 0 Å². The minimum Gasteiger partial charge on any atom is -0.497 e. The van der Waals surface area contributed by atoms with Gasteiger partial charge in [0.2, 0.25) is 15.9 Å². The smallest absolute Gasteiger partial charge is 0.229 e. The van der Waals surface area contributed by atoms with Gasteiger partial charge in [-0.3, -0.25) is 9.52 Å². The fourth-order valence-corrected chi connectivity index (χ4v) is 3.55. The summed E-state index contributed by atoms with van der Waals surface area (Å²) in [7, 11) is -1.88. The molecule has 3 aromatic rings. The molecule has 0 unspecified atom stereocenters. The number of anilines is 2. The molecule has 2 aromatic carbocycles. The van der Waals surface area contributed by atoms with E-state index in [0.29, 0.717) is 46.0 Å². The molecule has 1 aromatic heterocycles. The van der Waals surface area contributed by atoms with Gasteiger partial charge in [-0.15, -0.1) is 0 Å². The summed E-state index contributed by atoms with van der Waals surface area (Å²) in [5.74, 6) is 0.812. The number of rotatable bonds is 9. The zero-order valence-electron chi connectivity index (χ0n) is 16.6. The van der Waals surface area contributed by atoms with Gasteiger partial charge in [0, 0.05) is 23.2 Å². The largest absolute Gasteiger partial charge is 0.497 e. The molecule has 0 amide bonds. The van der Waals surface area contributed by atoms with Crippen molar-refractivity contribution in [1.29, 1.82) is 0 Å². The summed E-state index contributed by atoms with van der Waals surface area (Å²) in [4.78, 5) is 13.3. The summed E-state index contributed by atoms with van der Waals surface area (Å²) in [5, 5.41) is 3.73. The number of fused-ring (bicyclic) bond motifs is 1. The first kappa shape index (κ1) is 20.7. The maximum Gasteiger partial charge on any atom is 0.229 e. The minimum atomic E-state index is -3.44.